The van der Waals surface area contributed by atoms with Crippen LogP contribution in [-0.2, 0) is 4.79 Å². The quantitative estimate of drug-likeness (QED) is 0.865. The van der Waals surface area contributed by atoms with E-state index in [9.17, 15) is 4.79 Å². The van der Waals surface area contributed by atoms with Gasteiger partial charge in [0.05, 0.1) is 6.04 Å². The van der Waals surface area contributed by atoms with Crippen LogP contribution in [0.1, 0.15) is 44.2 Å². The van der Waals surface area contributed by atoms with Gasteiger partial charge in [0.1, 0.15) is 18.0 Å². The minimum atomic E-state index is 0.0385. The van der Waals surface area contributed by atoms with Gasteiger partial charge in [-0.05, 0) is 38.2 Å². The molecule has 6 nitrogen and oxygen atoms in total. The van der Waals surface area contributed by atoms with Crippen molar-refractivity contribution in [2.24, 2.45) is 5.92 Å². The van der Waals surface area contributed by atoms with E-state index in [1.165, 1.54) is 12.8 Å². The number of nitrogens with one attached hydrogen (secondary N) is 1. The molecule has 148 valence electrons. The summed E-state index contributed by atoms with van der Waals surface area (Å²) in [5.41, 5.74) is 1.14. The standard InChI is InChI=1S/C22H29N5O/c1-17(18-7-3-2-4-8-18)25-22(28)19-9-13-27(14-10-19)21-15-20(23-16-24-21)26-11-5-6-12-26/h2-4,7-8,15-17,19H,5-6,9-14H2,1H3,(H,25,28)/t17-/m1/s1. The van der Waals surface area contributed by atoms with Crippen LogP contribution in [-0.4, -0.2) is 42.1 Å². The highest BCUT2D eigenvalue weighted by Gasteiger charge is 2.27. The molecule has 0 bridgehead atoms. The van der Waals surface area contributed by atoms with Crippen LogP contribution < -0.4 is 15.1 Å². The minimum Gasteiger partial charge on any atom is -0.356 e. The van der Waals surface area contributed by atoms with Crippen LogP contribution in [0.3, 0.4) is 0 Å². The molecule has 2 saturated heterocycles. The molecule has 4 rings (SSSR count). The summed E-state index contributed by atoms with van der Waals surface area (Å²) < 4.78 is 0. The molecule has 28 heavy (non-hydrogen) atoms. The molecule has 1 aromatic heterocycles. The lowest BCUT2D eigenvalue weighted by molar-refractivity contribution is -0.126. The molecule has 0 spiro atoms. The molecule has 0 unspecified atom stereocenters. The average molecular weight is 380 g/mol. The minimum absolute atomic E-state index is 0.0385. The molecular weight excluding hydrogens is 350 g/mol. The van der Waals surface area contributed by atoms with Crippen LogP contribution in [0.4, 0.5) is 11.6 Å². The van der Waals surface area contributed by atoms with Crippen molar-refractivity contribution in [3.8, 4) is 0 Å². The summed E-state index contributed by atoms with van der Waals surface area (Å²) >= 11 is 0. The number of carbonyl (C=O) groups excluding carboxylic acids is 1. The first kappa shape index (κ1) is 18.7. The molecule has 3 heterocycles. The highest BCUT2D eigenvalue weighted by Crippen LogP contribution is 2.26. The maximum absolute atomic E-state index is 12.7. The number of amides is 1. The number of rotatable bonds is 5. The maximum Gasteiger partial charge on any atom is 0.223 e. The highest BCUT2D eigenvalue weighted by molar-refractivity contribution is 5.79. The summed E-state index contributed by atoms with van der Waals surface area (Å²) in [5, 5.41) is 3.18. The summed E-state index contributed by atoms with van der Waals surface area (Å²) in [6, 6.07) is 12.3. The molecule has 2 fully saturated rings. The summed E-state index contributed by atoms with van der Waals surface area (Å²) in [4.78, 5) is 26.2. The number of piperidine rings is 1. The first-order valence-electron chi connectivity index (χ1n) is 10.4. The number of nitrogens with zero attached hydrogens (tertiary/aromatic N) is 4. The molecule has 1 aromatic carbocycles. The Balaban J connectivity index is 1.32. The van der Waals surface area contributed by atoms with E-state index in [0.717, 1.165) is 56.2 Å². The molecule has 6 heteroatoms. The van der Waals surface area contributed by atoms with E-state index in [1.54, 1.807) is 6.33 Å². The number of aromatic nitrogens is 2. The van der Waals surface area contributed by atoms with E-state index in [2.05, 4.69) is 43.3 Å². The van der Waals surface area contributed by atoms with Gasteiger partial charge in [0.25, 0.3) is 0 Å². The van der Waals surface area contributed by atoms with Crippen molar-refractivity contribution in [1.82, 2.24) is 15.3 Å². The van der Waals surface area contributed by atoms with Crippen molar-refractivity contribution < 1.29 is 4.79 Å². The number of hydrogen-bond donors (Lipinski definition) is 1. The van der Waals surface area contributed by atoms with Crippen molar-refractivity contribution in [1.29, 1.82) is 0 Å². The van der Waals surface area contributed by atoms with Gasteiger partial charge in [-0.25, -0.2) is 9.97 Å². The Hall–Kier alpha value is -2.63. The van der Waals surface area contributed by atoms with Crippen molar-refractivity contribution in [3.63, 3.8) is 0 Å². The normalized spacial score (nSPS) is 18.9. The predicted octanol–water partition coefficient (Wildman–Crippen LogP) is 3.17. The molecule has 0 radical (unpaired) electrons. The van der Waals surface area contributed by atoms with E-state index >= 15 is 0 Å². The lowest BCUT2D eigenvalue weighted by Gasteiger charge is -2.33. The van der Waals surface area contributed by atoms with Crippen molar-refractivity contribution in [3.05, 3.63) is 48.3 Å². The Labute approximate surface area is 167 Å². The third kappa shape index (κ3) is 4.26. The molecule has 1 N–H and O–H groups in total. The van der Waals surface area contributed by atoms with Gasteiger partial charge in [-0.15, -0.1) is 0 Å². The fourth-order valence-electron chi connectivity index (χ4n) is 4.16. The first-order valence-corrected chi connectivity index (χ1v) is 10.4. The van der Waals surface area contributed by atoms with Gasteiger partial charge in [0.2, 0.25) is 5.91 Å². The Morgan fingerprint density at radius 2 is 1.61 bits per heavy atom. The fourth-order valence-corrected chi connectivity index (χ4v) is 4.16. The molecule has 0 saturated carbocycles. The second-order valence-corrected chi connectivity index (χ2v) is 7.83. The monoisotopic (exact) mass is 379 g/mol. The van der Waals surface area contributed by atoms with Crippen molar-refractivity contribution >= 4 is 17.5 Å². The van der Waals surface area contributed by atoms with E-state index in [1.807, 2.05) is 25.1 Å². The van der Waals surface area contributed by atoms with Gasteiger partial charge in [0.15, 0.2) is 0 Å². The molecular formula is C22H29N5O. The summed E-state index contributed by atoms with van der Waals surface area (Å²) in [6.07, 6.45) is 5.86. The first-order chi connectivity index (χ1) is 13.7. The lowest BCUT2D eigenvalue weighted by atomic mass is 9.95. The van der Waals surface area contributed by atoms with E-state index in [-0.39, 0.29) is 17.9 Å². The zero-order valence-electron chi connectivity index (χ0n) is 16.6. The lowest BCUT2D eigenvalue weighted by Crippen LogP contribution is -2.41. The third-order valence-corrected chi connectivity index (χ3v) is 5.92. The molecule has 2 aliphatic heterocycles. The Morgan fingerprint density at radius 1 is 1.00 bits per heavy atom. The van der Waals surface area contributed by atoms with Crippen LogP contribution in [0.5, 0.6) is 0 Å². The van der Waals surface area contributed by atoms with Crippen LogP contribution in [0.2, 0.25) is 0 Å². The maximum atomic E-state index is 12.7. The Morgan fingerprint density at radius 3 is 2.25 bits per heavy atom. The molecule has 2 aliphatic rings. The average Bonchev–Trinajstić information content (AvgIpc) is 3.29. The Bertz CT molecular complexity index is 783. The largest absolute Gasteiger partial charge is 0.356 e. The molecule has 1 amide bonds. The fraction of sp³-hybridized carbons (Fsp3) is 0.500. The van der Waals surface area contributed by atoms with E-state index < -0.39 is 0 Å². The number of carbonyl (C=O) groups is 1. The van der Waals surface area contributed by atoms with Gasteiger partial charge >= 0.3 is 0 Å². The second kappa shape index (κ2) is 8.59. The number of benzene rings is 1. The van der Waals surface area contributed by atoms with Gasteiger partial charge in [-0.1, -0.05) is 30.3 Å². The van der Waals surface area contributed by atoms with Crippen molar-refractivity contribution in [2.75, 3.05) is 36.0 Å². The highest BCUT2D eigenvalue weighted by atomic mass is 16.1. The van der Waals surface area contributed by atoms with Gasteiger partial charge in [-0.3, -0.25) is 4.79 Å². The smallest absolute Gasteiger partial charge is 0.223 e. The van der Waals surface area contributed by atoms with Crippen LogP contribution in [0, 0.1) is 5.92 Å². The van der Waals surface area contributed by atoms with Crippen molar-refractivity contribution in [2.45, 2.75) is 38.6 Å². The van der Waals surface area contributed by atoms with Gasteiger partial charge < -0.3 is 15.1 Å². The molecule has 1 atom stereocenters. The Kier molecular flexibility index (Phi) is 5.74. The molecule has 2 aromatic rings. The molecule has 0 aliphatic carbocycles. The van der Waals surface area contributed by atoms with E-state index in [4.69, 9.17) is 0 Å². The van der Waals surface area contributed by atoms with Crippen LogP contribution in [0.25, 0.3) is 0 Å². The van der Waals surface area contributed by atoms with Crippen LogP contribution in [0.15, 0.2) is 42.7 Å². The van der Waals surface area contributed by atoms with Gasteiger partial charge in [0, 0.05) is 38.2 Å². The zero-order valence-corrected chi connectivity index (χ0v) is 16.6. The van der Waals surface area contributed by atoms with E-state index in [0.29, 0.717) is 0 Å². The number of anilines is 2. The summed E-state index contributed by atoms with van der Waals surface area (Å²) in [5.74, 6) is 2.24. The summed E-state index contributed by atoms with van der Waals surface area (Å²) in [7, 11) is 0. The third-order valence-electron chi connectivity index (χ3n) is 5.92. The summed E-state index contributed by atoms with van der Waals surface area (Å²) in [6.45, 7) is 5.92. The van der Waals surface area contributed by atoms with Gasteiger partial charge in [-0.2, -0.15) is 0 Å². The predicted molar refractivity (Wildman–Crippen MR) is 111 cm³/mol. The number of hydrogen-bond acceptors (Lipinski definition) is 5. The zero-order chi connectivity index (χ0) is 19.3. The topological polar surface area (TPSA) is 61.4 Å². The SMILES string of the molecule is C[C@@H](NC(=O)C1CCN(c2cc(N3CCCC3)ncn2)CC1)c1ccccc1. The van der Waals surface area contributed by atoms with Crippen LogP contribution >= 0.6 is 0 Å². The second-order valence-electron chi connectivity index (χ2n) is 7.83.